The molecule has 0 aliphatic carbocycles. The second-order valence-corrected chi connectivity index (χ2v) is 4.08. The smallest absolute Gasteiger partial charge is 0.169 e. The van der Waals surface area contributed by atoms with Crippen LogP contribution in [0.3, 0.4) is 0 Å². The van der Waals surface area contributed by atoms with Gasteiger partial charge in [0.25, 0.3) is 0 Å². The summed E-state index contributed by atoms with van der Waals surface area (Å²) < 4.78 is 5.43. The van der Waals surface area contributed by atoms with Gasteiger partial charge in [-0.1, -0.05) is 23.7 Å². The molecule has 0 saturated heterocycles. The van der Waals surface area contributed by atoms with E-state index in [0.29, 0.717) is 5.02 Å². The number of hydrogen-bond donors (Lipinski definition) is 1. The van der Waals surface area contributed by atoms with E-state index in [0.717, 1.165) is 5.56 Å². The van der Waals surface area contributed by atoms with Crippen LogP contribution in [0.4, 0.5) is 0 Å². The largest absolute Gasteiger partial charge is 0.391 e. The van der Waals surface area contributed by atoms with Crippen molar-refractivity contribution in [3.05, 3.63) is 34.9 Å². The van der Waals surface area contributed by atoms with Crippen LogP contribution in [0.25, 0.3) is 0 Å². The zero-order valence-corrected chi connectivity index (χ0v) is 9.98. The molecule has 0 saturated carbocycles. The second-order valence-electron chi connectivity index (χ2n) is 3.64. The predicted molar refractivity (Wildman–Crippen MR) is 62.0 cm³/mol. The lowest BCUT2D eigenvalue weighted by molar-refractivity contribution is -0.0426. The molecule has 0 spiro atoms. The average molecular weight is 240 g/mol. The molecule has 4 heteroatoms. The van der Waals surface area contributed by atoms with E-state index in [9.17, 15) is 5.11 Å². The molecule has 0 fully saturated rings. The molecular weight excluding hydrogens is 226 g/mol. The van der Waals surface area contributed by atoms with Crippen LogP contribution in [0.5, 0.6) is 0 Å². The maximum Gasteiger partial charge on any atom is 0.169 e. The van der Waals surface area contributed by atoms with Crippen LogP contribution in [-0.4, -0.2) is 17.3 Å². The number of nitrogens with zero attached hydrogens (tertiary/aromatic N) is 1. The number of ether oxygens (including phenoxy) is 1. The van der Waals surface area contributed by atoms with Gasteiger partial charge in [-0.3, -0.25) is 0 Å². The number of hydrogen-bond acceptors (Lipinski definition) is 3. The van der Waals surface area contributed by atoms with Crippen LogP contribution in [-0.2, 0) is 4.74 Å². The van der Waals surface area contributed by atoms with E-state index in [1.165, 1.54) is 0 Å². The molecule has 1 aromatic carbocycles. The highest BCUT2D eigenvalue weighted by atomic mass is 35.5. The first-order valence-corrected chi connectivity index (χ1v) is 5.41. The van der Waals surface area contributed by atoms with Gasteiger partial charge in [0.1, 0.15) is 0 Å². The third kappa shape index (κ3) is 3.49. The lowest BCUT2D eigenvalue weighted by atomic mass is 10.1. The first kappa shape index (κ1) is 13.0. The third-order valence-corrected chi connectivity index (χ3v) is 2.57. The SMILES string of the molecule is CC(O)C(C)OC(C#N)c1ccc(Cl)cc1. The molecule has 0 aliphatic rings. The number of halogens is 1. The van der Waals surface area contributed by atoms with Gasteiger partial charge in [-0.25, -0.2) is 0 Å². The highest BCUT2D eigenvalue weighted by Gasteiger charge is 2.17. The minimum absolute atomic E-state index is 0.389. The monoisotopic (exact) mass is 239 g/mol. The lowest BCUT2D eigenvalue weighted by Gasteiger charge is -2.19. The summed E-state index contributed by atoms with van der Waals surface area (Å²) in [4.78, 5) is 0. The van der Waals surface area contributed by atoms with Crippen molar-refractivity contribution in [3.8, 4) is 6.07 Å². The van der Waals surface area contributed by atoms with Gasteiger partial charge in [0.15, 0.2) is 6.10 Å². The number of aliphatic hydroxyl groups excluding tert-OH is 1. The fourth-order valence-corrected chi connectivity index (χ4v) is 1.28. The maximum absolute atomic E-state index is 9.30. The molecule has 86 valence electrons. The van der Waals surface area contributed by atoms with Gasteiger partial charge in [0, 0.05) is 5.02 Å². The summed E-state index contributed by atoms with van der Waals surface area (Å²) in [7, 11) is 0. The van der Waals surface area contributed by atoms with Gasteiger partial charge < -0.3 is 9.84 Å². The van der Waals surface area contributed by atoms with E-state index in [1.807, 2.05) is 6.07 Å². The Labute approximate surface area is 100 Å². The van der Waals surface area contributed by atoms with Crippen LogP contribution < -0.4 is 0 Å². The molecule has 1 N–H and O–H groups in total. The molecule has 1 aromatic rings. The minimum atomic E-state index is -0.679. The molecule has 0 aliphatic heterocycles. The molecule has 0 radical (unpaired) electrons. The van der Waals surface area contributed by atoms with Gasteiger partial charge in [-0.05, 0) is 31.5 Å². The fraction of sp³-hybridized carbons (Fsp3) is 0.417. The molecule has 0 heterocycles. The first-order chi connectivity index (χ1) is 7.54. The van der Waals surface area contributed by atoms with Gasteiger partial charge in [-0.15, -0.1) is 0 Å². The van der Waals surface area contributed by atoms with Gasteiger partial charge in [0.2, 0.25) is 0 Å². The Balaban J connectivity index is 2.76. The van der Waals surface area contributed by atoms with Crippen molar-refractivity contribution in [2.45, 2.75) is 32.2 Å². The van der Waals surface area contributed by atoms with E-state index >= 15 is 0 Å². The van der Waals surface area contributed by atoms with Crippen LogP contribution >= 0.6 is 11.6 Å². The summed E-state index contributed by atoms with van der Waals surface area (Å²) in [6, 6.07) is 8.94. The predicted octanol–water partition coefficient (Wildman–Crippen LogP) is 2.69. The normalized spacial score (nSPS) is 16.2. The number of nitriles is 1. The van der Waals surface area contributed by atoms with E-state index in [4.69, 9.17) is 21.6 Å². The molecule has 0 bridgehead atoms. The molecule has 3 unspecified atom stereocenters. The Bertz CT molecular complexity index is 370. The summed E-state index contributed by atoms with van der Waals surface area (Å²) in [6.07, 6.45) is -1.68. The van der Waals surface area contributed by atoms with Crippen molar-refractivity contribution in [1.82, 2.24) is 0 Å². The average Bonchev–Trinajstić information content (AvgIpc) is 2.26. The number of benzene rings is 1. The van der Waals surface area contributed by atoms with Crippen LogP contribution in [0.15, 0.2) is 24.3 Å². The van der Waals surface area contributed by atoms with Crippen LogP contribution in [0.1, 0.15) is 25.5 Å². The Morgan fingerprint density at radius 2 is 1.88 bits per heavy atom. The van der Waals surface area contributed by atoms with Crippen molar-refractivity contribution >= 4 is 11.6 Å². The molecule has 3 nitrogen and oxygen atoms in total. The minimum Gasteiger partial charge on any atom is -0.391 e. The van der Waals surface area contributed by atoms with Crippen LogP contribution in [0.2, 0.25) is 5.02 Å². The molecule has 0 amide bonds. The van der Waals surface area contributed by atoms with Crippen molar-refractivity contribution in [1.29, 1.82) is 5.26 Å². The first-order valence-electron chi connectivity index (χ1n) is 5.03. The zero-order chi connectivity index (χ0) is 12.1. The van der Waals surface area contributed by atoms with Gasteiger partial charge >= 0.3 is 0 Å². The third-order valence-electron chi connectivity index (χ3n) is 2.32. The standard InChI is InChI=1S/C12H14ClNO2/c1-8(15)9(2)16-12(7-14)10-3-5-11(13)6-4-10/h3-6,8-9,12,15H,1-2H3. The van der Waals surface area contributed by atoms with Crippen molar-refractivity contribution in [2.75, 3.05) is 0 Å². The molecule has 3 atom stereocenters. The maximum atomic E-state index is 9.30. The highest BCUT2D eigenvalue weighted by molar-refractivity contribution is 6.30. The van der Waals surface area contributed by atoms with Gasteiger partial charge in [0.05, 0.1) is 18.3 Å². The van der Waals surface area contributed by atoms with Crippen molar-refractivity contribution in [2.24, 2.45) is 0 Å². The Kier molecular flexibility index (Phi) is 4.75. The number of rotatable bonds is 4. The van der Waals surface area contributed by atoms with Gasteiger partial charge in [-0.2, -0.15) is 5.26 Å². The number of aliphatic hydroxyl groups is 1. The highest BCUT2D eigenvalue weighted by Crippen LogP contribution is 2.21. The summed E-state index contributed by atoms with van der Waals surface area (Å²) in [5.74, 6) is 0. The quantitative estimate of drug-likeness (QED) is 0.879. The topological polar surface area (TPSA) is 53.2 Å². The fourth-order valence-electron chi connectivity index (χ4n) is 1.15. The van der Waals surface area contributed by atoms with E-state index in [1.54, 1.807) is 38.1 Å². The van der Waals surface area contributed by atoms with E-state index < -0.39 is 12.2 Å². The molecule has 16 heavy (non-hydrogen) atoms. The molecular formula is C12H14ClNO2. The second kappa shape index (κ2) is 5.86. The lowest BCUT2D eigenvalue weighted by Crippen LogP contribution is -2.24. The van der Waals surface area contributed by atoms with Crippen LogP contribution in [0, 0.1) is 11.3 Å². The Morgan fingerprint density at radius 1 is 1.31 bits per heavy atom. The van der Waals surface area contributed by atoms with E-state index in [-0.39, 0.29) is 6.10 Å². The summed E-state index contributed by atoms with van der Waals surface area (Å²) in [5.41, 5.74) is 0.736. The Morgan fingerprint density at radius 3 is 2.31 bits per heavy atom. The summed E-state index contributed by atoms with van der Waals surface area (Å²) in [5, 5.41) is 18.9. The molecule has 0 aromatic heterocycles. The van der Waals surface area contributed by atoms with Crippen molar-refractivity contribution in [3.63, 3.8) is 0 Å². The van der Waals surface area contributed by atoms with Crippen molar-refractivity contribution < 1.29 is 9.84 Å². The summed E-state index contributed by atoms with van der Waals surface area (Å²) in [6.45, 7) is 3.35. The molecule has 1 rings (SSSR count). The zero-order valence-electron chi connectivity index (χ0n) is 9.22. The Hall–Kier alpha value is -1.08. The summed E-state index contributed by atoms with van der Waals surface area (Å²) >= 11 is 5.75. The van der Waals surface area contributed by atoms with E-state index in [2.05, 4.69) is 0 Å².